The van der Waals surface area contributed by atoms with Crippen LogP contribution in [0, 0.1) is 6.92 Å². The monoisotopic (exact) mass is 517 g/mol. The van der Waals surface area contributed by atoms with Crippen molar-refractivity contribution < 1.29 is 27.4 Å². The highest BCUT2D eigenvalue weighted by atomic mass is 32.2. The van der Waals surface area contributed by atoms with Gasteiger partial charge in [0.25, 0.3) is 0 Å². The smallest absolute Gasteiger partial charge is 0.219 e. The molecule has 0 aliphatic carbocycles. The summed E-state index contributed by atoms with van der Waals surface area (Å²) in [7, 11) is -0.674. The highest BCUT2D eigenvalue weighted by molar-refractivity contribution is 7.91. The number of nitrogens with zero attached hydrogens (tertiary/aromatic N) is 5. The zero-order valence-corrected chi connectivity index (χ0v) is 21.9. The van der Waals surface area contributed by atoms with E-state index in [4.69, 9.17) is 18.9 Å². The van der Waals surface area contributed by atoms with Crippen LogP contribution in [-0.4, -0.2) is 65.8 Å². The number of sulfone groups is 1. The molecule has 3 heterocycles. The van der Waals surface area contributed by atoms with Crippen molar-refractivity contribution in [1.82, 2.24) is 24.7 Å². The minimum absolute atomic E-state index is 0.189. The third-order valence-electron chi connectivity index (χ3n) is 6.23. The number of hydrogen-bond donors (Lipinski definition) is 0. The second kappa shape index (κ2) is 10.9. The lowest BCUT2D eigenvalue weighted by atomic mass is 10.1. The second-order valence-corrected chi connectivity index (χ2v) is 11.0. The Balaban J connectivity index is 1.77. The first-order valence-corrected chi connectivity index (χ1v) is 13.4. The van der Waals surface area contributed by atoms with Crippen molar-refractivity contribution in [1.29, 1.82) is 0 Å². The molecule has 11 nitrogen and oxygen atoms in total. The van der Waals surface area contributed by atoms with E-state index in [0.29, 0.717) is 42.0 Å². The van der Waals surface area contributed by atoms with E-state index >= 15 is 0 Å². The maximum absolute atomic E-state index is 13.6. The molecule has 1 aliphatic heterocycles. The van der Waals surface area contributed by atoms with Crippen molar-refractivity contribution in [2.24, 2.45) is 0 Å². The Morgan fingerprint density at radius 3 is 2.25 bits per heavy atom. The summed E-state index contributed by atoms with van der Waals surface area (Å²) in [5.41, 5.74) is 1.37. The number of aromatic nitrogens is 5. The summed E-state index contributed by atoms with van der Waals surface area (Å²) in [6.07, 6.45) is 3.30. The Morgan fingerprint density at radius 1 is 1.06 bits per heavy atom. The van der Waals surface area contributed by atoms with Gasteiger partial charge in [0.05, 0.1) is 32.7 Å². The number of aryl methyl sites for hydroxylation is 1. The molecule has 4 rings (SSSR count). The molecule has 3 aromatic rings. The maximum Gasteiger partial charge on any atom is 0.219 e. The summed E-state index contributed by atoms with van der Waals surface area (Å²) in [4.78, 5) is 8.64. The van der Waals surface area contributed by atoms with Gasteiger partial charge in [-0.05, 0) is 38.0 Å². The summed E-state index contributed by atoms with van der Waals surface area (Å²) in [5.74, 6) is 1.07. The molecule has 0 unspecified atom stereocenters. The number of para-hydroxylation sites is 1. The molecule has 2 aromatic heterocycles. The van der Waals surface area contributed by atoms with Crippen LogP contribution in [-0.2, 0) is 25.1 Å². The van der Waals surface area contributed by atoms with Crippen LogP contribution in [0.5, 0.6) is 11.5 Å². The van der Waals surface area contributed by atoms with Crippen molar-refractivity contribution in [3.63, 3.8) is 0 Å². The van der Waals surface area contributed by atoms with E-state index in [2.05, 4.69) is 20.2 Å². The van der Waals surface area contributed by atoms with Crippen LogP contribution in [0.15, 0.2) is 30.6 Å². The van der Waals surface area contributed by atoms with Gasteiger partial charge in [-0.1, -0.05) is 13.0 Å². The molecule has 1 aliphatic rings. The second-order valence-electron chi connectivity index (χ2n) is 8.67. The summed E-state index contributed by atoms with van der Waals surface area (Å²) in [6.45, 7) is 6.31. The Kier molecular flexibility index (Phi) is 7.86. The van der Waals surface area contributed by atoms with Gasteiger partial charge in [0.1, 0.15) is 28.8 Å². The van der Waals surface area contributed by atoms with E-state index in [1.54, 1.807) is 49.0 Å². The highest BCUT2D eigenvalue weighted by Crippen LogP contribution is 2.37. The van der Waals surface area contributed by atoms with E-state index in [1.807, 2.05) is 6.92 Å². The molecule has 36 heavy (non-hydrogen) atoms. The molecule has 0 N–H and O–H groups in total. The minimum Gasteiger partial charge on any atom is -0.494 e. The van der Waals surface area contributed by atoms with Crippen LogP contribution in [0.3, 0.4) is 0 Å². The van der Waals surface area contributed by atoms with Crippen molar-refractivity contribution in [2.75, 3.05) is 27.4 Å². The predicted octanol–water partition coefficient (Wildman–Crippen LogP) is 2.93. The maximum atomic E-state index is 13.6. The van der Waals surface area contributed by atoms with Gasteiger partial charge in [0.15, 0.2) is 21.5 Å². The predicted molar refractivity (Wildman–Crippen MR) is 131 cm³/mol. The fourth-order valence-electron chi connectivity index (χ4n) is 3.98. The zero-order valence-electron chi connectivity index (χ0n) is 21.0. The number of methoxy groups -OCH3 is 2. The van der Waals surface area contributed by atoms with Gasteiger partial charge in [-0.15, -0.1) is 10.2 Å². The van der Waals surface area contributed by atoms with E-state index in [1.165, 1.54) is 14.2 Å². The SMILES string of the molecule is COc1cccc(OC)c1-n1c(CS(=O)(=O)[C@@H](C)[C@H](C)c2ncc(C)cn2)nnc1C1OCCCO1. The molecule has 0 bridgehead atoms. The van der Waals surface area contributed by atoms with Gasteiger partial charge in [-0.2, -0.15) is 0 Å². The average Bonchev–Trinajstić information content (AvgIpc) is 3.30. The van der Waals surface area contributed by atoms with Crippen LogP contribution in [0.4, 0.5) is 0 Å². The summed E-state index contributed by atoms with van der Waals surface area (Å²) in [6, 6.07) is 5.28. The molecule has 1 saturated heterocycles. The molecule has 12 heteroatoms. The van der Waals surface area contributed by atoms with Crippen LogP contribution in [0.1, 0.15) is 55.5 Å². The van der Waals surface area contributed by atoms with E-state index in [-0.39, 0.29) is 11.6 Å². The Labute approximate surface area is 210 Å². The topological polar surface area (TPSA) is 128 Å². The van der Waals surface area contributed by atoms with Gasteiger partial charge >= 0.3 is 0 Å². The van der Waals surface area contributed by atoms with Gasteiger partial charge in [-0.3, -0.25) is 4.57 Å². The number of rotatable bonds is 9. The van der Waals surface area contributed by atoms with Crippen LogP contribution >= 0.6 is 0 Å². The Hall–Kier alpha value is -3.09. The highest BCUT2D eigenvalue weighted by Gasteiger charge is 2.34. The first-order chi connectivity index (χ1) is 17.3. The minimum atomic E-state index is -3.72. The third kappa shape index (κ3) is 5.20. The lowest BCUT2D eigenvalue weighted by molar-refractivity contribution is -0.188. The molecule has 194 valence electrons. The summed E-state index contributed by atoms with van der Waals surface area (Å²) < 4.78 is 51.5. The first-order valence-electron chi connectivity index (χ1n) is 11.7. The van der Waals surface area contributed by atoms with Gasteiger partial charge < -0.3 is 18.9 Å². The average molecular weight is 518 g/mol. The fourth-order valence-corrected chi connectivity index (χ4v) is 5.53. The quantitative estimate of drug-likeness (QED) is 0.418. The molecule has 0 radical (unpaired) electrons. The Morgan fingerprint density at radius 2 is 1.67 bits per heavy atom. The molecule has 0 amide bonds. The van der Waals surface area contributed by atoms with E-state index < -0.39 is 27.3 Å². The van der Waals surface area contributed by atoms with Gasteiger partial charge in [0.2, 0.25) is 6.29 Å². The van der Waals surface area contributed by atoms with Crippen molar-refractivity contribution in [3.8, 4) is 17.2 Å². The molecular weight excluding hydrogens is 486 g/mol. The van der Waals surface area contributed by atoms with Crippen molar-refractivity contribution >= 4 is 9.84 Å². The third-order valence-corrected chi connectivity index (χ3v) is 8.43. The number of ether oxygens (including phenoxy) is 4. The molecule has 0 spiro atoms. The molecule has 1 fully saturated rings. The standard InChI is InChI=1S/C24H31N5O6S/c1-15-12-25-22(26-13-15)16(2)17(3)36(30,31)14-20-27-28-23(24-34-10-7-11-35-24)29(20)21-18(32-4)8-6-9-19(21)33-5/h6,8-9,12-13,16-17,24H,7,10-11,14H2,1-5H3/t16-,17-/m0/s1. The van der Waals surface area contributed by atoms with Crippen molar-refractivity contribution in [2.45, 2.75) is 50.4 Å². The van der Waals surface area contributed by atoms with Crippen molar-refractivity contribution in [3.05, 3.63) is 53.6 Å². The normalized spacial score (nSPS) is 16.5. The zero-order chi connectivity index (χ0) is 25.9. The van der Waals surface area contributed by atoms with E-state index in [9.17, 15) is 8.42 Å². The number of benzene rings is 1. The fraction of sp³-hybridized carbons (Fsp3) is 0.500. The number of hydrogen-bond acceptors (Lipinski definition) is 10. The van der Waals surface area contributed by atoms with Crippen LogP contribution in [0.25, 0.3) is 5.69 Å². The molecule has 1 aromatic carbocycles. The Bertz CT molecular complexity index is 1270. The lowest BCUT2D eigenvalue weighted by Crippen LogP contribution is -2.28. The van der Waals surface area contributed by atoms with Crippen LogP contribution < -0.4 is 9.47 Å². The summed E-state index contributed by atoms with van der Waals surface area (Å²) >= 11 is 0. The van der Waals surface area contributed by atoms with Gasteiger partial charge in [-0.25, -0.2) is 18.4 Å². The molecule has 2 atom stereocenters. The van der Waals surface area contributed by atoms with Gasteiger partial charge in [0, 0.05) is 18.3 Å². The van der Waals surface area contributed by atoms with E-state index in [0.717, 1.165) is 12.0 Å². The largest absolute Gasteiger partial charge is 0.494 e. The molecular formula is C24H31N5O6S. The van der Waals surface area contributed by atoms with Crippen LogP contribution in [0.2, 0.25) is 0 Å². The molecule has 0 saturated carbocycles. The lowest BCUT2D eigenvalue weighted by Gasteiger charge is -2.25. The summed E-state index contributed by atoms with van der Waals surface area (Å²) in [5, 5.41) is 7.77. The first kappa shape index (κ1) is 26.0.